The fraction of sp³-hybridized carbons (Fsp3) is 0.143. The molecule has 3 heterocycles. The van der Waals surface area contributed by atoms with E-state index in [9.17, 15) is 10.1 Å². The molecule has 0 bridgehead atoms. The van der Waals surface area contributed by atoms with Crippen LogP contribution in [0.4, 0.5) is 5.69 Å². The van der Waals surface area contributed by atoms with Crippen LogP contribution in [0.1, 0.15) is 5.82 Å². The molecular weight excluding hydrogens is 298 g/mol. The Labute approximate surface area is 129 Å². The third-order valence-corrected chi connectivity index (χ3v) is 3.52. The van der Waals surface area contributed by atoms with E-state index in [2.05, 4.69) is 20.2 Å². The number of para-hydroxylation sites is 1. The zero-order valence-corrected chi connectivity index (χ0v) is 11.9. The molecule has 0 spiro atoms. The molecule has 0 amide bonds. The van der Waals surface area contributed by atoms with Crippen molar-refractivity contribution < 1.29 is 4.92 Å². The van der Waals surface area contributed by atoms with Gasteiger partial charge in [-0.3, -0.25) is 14.8 Å². The Morgan fingerprint density at radius 2 is 2.13 bits per heavy atom. The first-order chi connectivity index (χ1) is 11.2. The van der Waals surface area contributed by atoms with Crippen LogP contribution in [0.25, 0.3) is 16.6 Å². The summed E-state index contributed by atoms with van der Waals surface area (Å²) >= 11 is 0. The molecule has 0 aliphatic carbocycles. The van der Waals surface area contributed by atoms with E-state index < -0.39 is 4.92 Å². The van der Waals surface area contributed by atoms with Gasteiger partial charge in [-0.1, -0.05) is 12.1 Å². The van der Waals surface area contributed by atoms with Gasteiger partial charge in [-0.05, 0) is 12.1 Å². The molecule has 114 valence electrons. The molecule has 4 rings (SSSR count). The van der Waals surface area contributed by atoms with Crippen molar-refractivity contribution in [3.05, 3.63) is 58.9 Å². The van der Waals surface area contributed by atoms with Gasteiger partial charge in [0.05, 0.1) is 10.4 Å². The maximum absolute atomic E-state index is 10.6. The lowest BCUT2D eigenvalue weighted by atomic mass is 10.2. The Hall–Kier alpha value is -3.36. The maximum Gasteiger partial charge on any atom is 0.306 e. The number of aromatic nitrogens is 6. The van der Waals surface area contributed by atoms with Crippen molar-refractivity contribution in [2.45, 2.75) is 13.0 Å². The van der Waals surface area contributed by atoms with E-state index in [1.165, 1.54) is 17.1 Å². The van der Waals surface area contributed by atoms with Gasteiger partial charge in [-0.2, -0.15) is 5.10 Å². The lowest BCUT2D eigenvalue weighted by Gasteiger charge is -1.96. The zero-order valence-electron chi connectivity index (χ0n) is 11.9. The molecule has 9 nitrogen and oxygen atoms in total. The van der Waals surface area contributed by atoms with E-state index >= 15 is 0 Å². The van der Waals surface area contributed by atoms with Crippen LogP contribution in [0, 0.1) is 10.1 Å². The summed E-state index contributed by atoms with van der Waals surface area (Å²) in [5.41, 5.74) is 1.59. The number of hydrogen-bond donors (Lipinski definition) is 0. The lowest BCUT2D eigenvalue weighted by Crippen LogP contribution is -2.03. The minimum atomic E-state index is -0.468. The molecule has 1 aromatic carbocycles. The average Bonchev–Trinajstić information content (AvgIpc) is 3.19. The molecule has 9 heteroatoms. The molecule has 0 fully saturated rings. The number of hydrogen-bond acceptors (Lipinski definition) is 6. The van der Waals surface area contributed by atoms with Crippen molar-refractivity contribution in [1.82, 2.24) is 29.4 Å². The molecule has 0 aliphatic heterocycles. The highest BCUT2D eigenvalue weighted by atomic mass is 16.6. The minimum absolute atomic E-state index is 0.0249. The molecular formula is C14H11N7O2. The van der Waals surface area contributed by atoms with E-state index in [0.29, 0.717) is 18.8 Å². The summed E-state index contributed by atoms with van der Waals surface area (Å²) in [5.74, 6) is 0.640. The Bertz CT molecular complexity index is 1020. The van der Waals surface area contributed by atoms with Crippen LogP contribution >= 0.6 is 0 Å². The first-order valence-electron chi connectivity index (χ1n) is 6.96. The summed E-state index contributed by atoms with van der Waals surface area (Å²) in [6.45, 7) is 0.468. The Morgan fingerprint density at radius 3 is 2.96 bits per heavy atom. The molecule has 0 saturated carbocycles. The summed E-state index contributed by atoms with van der Waals surface area (Å²) in [6, 6.07) is 7.73. The average molecular weight is 309 g/mol. The van der Waals surface area contributed by atoms with Crippen LogP contribution in [-0.2, 0) is 13.0 Å². The fourth-order valence-corrected chi connectivity index (χ4v) is 2.41. The predicted octanol–water partition coefficient (Wildman–Crippen LogP) is 1.62. The summed E-state index contributed by atoms with van der Waals surface area (Å²) in [4.78, 5) is 19.0. The quantitative estimate of drug-likeness (QED) is 0.419. The molecule has 0 unspecified atom stereocenters. The SMILES string of the molecule is O=[N+]([O-])c1cnn(CCc2nc3c4ccccc4ncn3n2)c1. The minimum Gasteiger partial charge on any atom is -0.265 e. The highest BCUT2D eigenvalue weighted by Gasteiger charge is 2.11. The second-order valence-electron chi connectivity index (χ2n) is 5.03. The van der Waals surface area contributed by atoms with E-state index in [-0.39, 0.29) is 5.69 Å². The third kappa shape index (κ3) is 2.37. The van der Waals surface area contributed by atoms with Crippen LogP contribution in [0.15, 0.2) is 43.0 Å². The normalized spacial score (nSPS) is 11.3. The summed E-state index contributed by atoms with van der Waals surface area (Å²) in [7, 11) is 0. The van der Waals surface area contributed by atoms with Crippen molar-refractivity contribution in [2.75, 3.05) is 0 Å². The van der Waals surface area contributed by atoms with E-state index in [1.54, 1.807) is 10.8 Å². The molecule has 3 aromatic heterocycles. The smallest absolute Gasteiger partial charge is 0.265 e. The maximum atomic E-state index is 10.6. The zero-order chi connectivity index (χ0) is 15.8. The van der Waals surface area contributed by atoms with Crippen molar-refractivity contribution in [3.8, 4) is 0 Å². The fourth-order valence-electron chi connectivity index (χ4n) is 2.41. The van der Waals surface area contributed by atoms with E-state index in [4.69, 9.17) is 0 Å². The molecule has 0 radical (unpaired) electrons. The number of aryl methyl sites for hydroxylation is 2. The van der Waals surface area contributed by atoms with Crippen LogP contribution in [-0.4, -0.2) is 34.3 Å². The topological polar surface area (TPSA) is 104 Å². The van der Waals surface area contributed by atoms with Gasteiger partial charge in [0, 0.05) is 18.4 Å². The van der Waals surface area contributed by atoms with Gasteiger partial charge in [0.2, 0.25) is 0 Å². The van der Waals surface area contributed by atoms with Gasteiger partial charge in [0.1, 0.15) is 18.7 Å². The monoisotopic (exact) mass is 309 g/mol. The van der Waals surface area contributed by atoms with Crippen LogP contribution in [0.5, 0.6) is 0 Å². The Kier molecular flexibility index (Phi) is 2.97. The highest BCUT2D eigenvalue weighted by molar-refractivity contribution is 5.90. The number of benzene rings is 1. The number of fused-ring (bicyclic) bond motifs is 3. The Morgan fingerprint density at radius 1 is 1.26 bits per heavy atom. The van der Waals surface area contributed by atoms with Gasteiger partial charge in [-0.25, -0.2) is 14.5 Å². The van der Waals surface area contributed by atoms with Gasteiger partial charge < -0.3 is 0 Å². The van der Waals surface area contributed by atoms with Crippen molar-refractivity contribution in [2.24, 2.45) is 0 Å². The predicted molar refractivity (Wildman–Crippen MR) is 80.9 cm³/mol. The van der Waals surface area contributed by atoms with Crippen LogP contribution in [0.3, 0.4) is 0 Å². The number of rotatable bonds is 4. The molecule has 4 aromatic rings. The van der Waals surface area contributed by atoms with E-state index in [0.717, 1.165) is 16.6 Å². The van der Waals surface area contributed by atoms with Crippen molar-refractivity contribution in [1.29, 1.82) is 0 Å². The summed E-state index contributed by atoms with van der Waals surface area (Å²) in [6.07, 6.45) is 4.78. The van der Waals surface area contributed by atoms with Gasteiger partial charge in [-0.15, -0.1) is 5.10 Å². The molecule has 23 heavy (non-hydrogen) atoms. The van der Waals surface area contributed by atoms with Crippen LogP contribution < -0.4 is 0 Å². The Balaban J connectivity index is 1.61. The molecule has 0 aliphatic rings. The number of nitrogens with zero attached hydrogens (tertiary/aromatic N) is 7. The largest absolute Gasteiger partial charge is 0.306 e. The highest BCUT2D eigenvalue weighted by Crippen LogP contribution is 2.16. The summed E-state index contributed by atoms with van der Waals surface area (Å²) in [5, 5.41) is 19.9. The van der Waals surface area contributed by atoms with Crippen molar-refractivity contribution in [3.63, 3.8) is 0 Å². The second kappa shape index (κ2) is 5.13. The molecule has 0 saturated heterocycles. The van der Waals surface area contributed by atoms with Gasteiger partial charge >= 0.3 is 5.69 Å². The van der Waals surface area contributed by atoms with Gasteiger partial charge in [0.15, 0.2) is 11.5 Å². The van der Waals surface area contributed by atoms with Crippen molar-refractivity contribution >= 4 is 22.2 Å². The van der Waals surface area contributed by atoms with E-state index in [1.807, 2.05) is 24.3 Å². The standard InChI is InChI=1S/C14H11N7O2/c22-21(23)10-7-16-19(8-10)6-5-13-17-14-11-3-1-2-4-12(11)15-9-20(14)18-13/h1-4,7-9H,5-6H2. The first kappa shape index (κ1) is 13.3. The molecule has 0 atom stereocenters. The molecule has 0 N–H and O–H groups in total. The lowest BCUT2D eigenvalue weighted by molar-refractivity contribution is -0.385. The summed E-state index contributed by atoms with van der Waals surface area (Å²) < 4.78 is 3.16. The van der Waals surface area contributed by atoms with Crippen LogP contribution in [0.2, 0.25) is 0 Å². The first-order valence-corrected chi connectivity index (χ1v) is 6.96. The third-order valence-electron chi connectivity index (χ3n) is 3.52. The number of nitro groups is 1. The second-order valence-corrected chi connectivity index (χ2v) is 5.03. The van der Waals surface area contributed by atoms with Gasteiger partial charge in [0.25, 0.3) is 0 Å².